The Balaban J connectivity index is 0.00000337. The Labute approximate surface area is 239 Å². The first-order valence-corrected chi connectivity index (χ1v) is 13.6. The number of ether oxygens (including phenoxy) is 1. The quantitative estimate of drug-likeness (QED) is 0.258. The van der Waals surface area contributed by atoms with Gasteiger partial charge in [-0.05, 0) is 30.8 Å². The number of hydrogen-bond acceptors (Lipinski definition) is 7. The Kier molecular flexibility index (Phi) is 8.32. The topological polar surface area (TPSA) is 89.9 Å². The van der Waals surface area contributed by atoms with Crippen molar-refractivity contribution in [2.24, 2.45) is 7.05 Å². The monoisotopic (exact) mass is 555 g/mol. The van der Waals surface area contributed by atoms with Gasteiger partial charge >= 0.3 is 0 Å². The minimum absolute atomic E-state index is 0. The molecule has 0 N–H and O–H groups in total. The second-order valence-corrected chi connectivity index (χ2v) is 10.4. The van der Waals surface area contributed by atoms with Gasteiger partial charge in [0.05, 0.1) is 24.5 Å². The summed E-state index contributed by atoms with van der Waals surface area (Å²) in [6, 6.07) is 13.3. The SMILES string of the molecule is C.CN1CCN(CCOc2ccn3c(C(=O)Cc4cccc5c4cnn5Cc4cccn(C)c4=O)cnc3c2)CC1. The lowest BCUT2D eigenvalue weighted by Gasteiger charge is -2.32. The Hall–Kier alpha value is -4.28. The van der Waals surface area contributed by atoms with Crippen LogP contribution in [0.25, 0.3) is 16.6 Å². The molecule has 1 aliphatic heterocycles. The summed E-state index contributed by atoms with van der Waals surface area (Å²) in [4.78, 5) is 35.1. The fourth-order valence-corrected chi connectivity index (χ4v) is 5.26. The Morgan fingerprint density at radius 3 is 2.61 bits per heavy atom. The number of benzene rings is 1. The molecule has 214 valence electrons. The van der Waals surface area contributed by atoms with E-state index in [1.54, 1.807) is 34.9 Å². The van der Waals surface area contributed by atoms with E-state index in [1.165, 1.54) is 0 Å². The zero-order valence-corrected chi connectivity index (χ0v) is 22.9. The molecule has 5 aromatic rings. The van der Waals surface area contributed by atoms with Gasteiger partial charge in [-0.1, -0.05) is 25.6 Å². The van der Waals surface area contributed by atoms with Crippen LogP contribution in [0.2, 0.25) is 0 Å². The van der Waals surface area contributed by atoms with E-state index in [2.05, 4.69) is 26.9 Å². The van der Waals surface area contributed by atoms with E-state index in [9.17, 15) is 9.59 Å². The van der Waals surface area contributed by atoms with Crippen molar-refractivity contribution in [3.05, 3.63) is 94.4 Å². The van der Waals surface area contributed by atoms with E-state index in [4.69, 9.17) is 4.74 Å². The number of ketones is 1. The van der Waals surface area contributed by atoms with Gasteiger partial charge in [-0.15, -0.1) is 0 Å². The number of pyridine rings is 2. The minimum atomic E-state index is -0.0475. The highest BCUT2D eigenvalue weighted by atomic mass is 16.5. The number of aromatic nitrogens is 5. The van der Waals surface area contributed by atoms with Crippen molar-refractivity contribution < 1.29 is 9.53 Å². The summed E-state index contributed by atoms with van der Waals surface area (Å²) >= 11 is 0. The van der Waals surface area contributed by atoms with Gasteiger partial charge in [0.15, 0.2) is 5.78 Å². The van der Waals surface area contributed by atoms with Crippen molar-refractivity contribution in [2.45, 2.75) is 20.4 Å². The van der Waals surface area contributed by atoms with Crippen molar-refractivity contribution in [1.29, 1.82) is 0 Å². The molecule has 0 unspecified atom stereocenters. The third-order valence-electron chi connectivity index (χ3n) is 7.69. The predicted molar refractivity (Wildman–Crippen MR) is 160 cm³/mol. The molecule has 41 heavy (non-hydrogen) atoms. The summed E-state index contributed by atoms with van der Waals surface area (Å²) in [6.07, 6.45) is 7.19. The molecule has 1 saturated heterocycles. The molecule has 0 atom stereocenters. The lowest BCUT2D eigenvalue weighted by molar-refractivity contribution is 0.0987. The standard InChI is InChI=1S/C30H33N7O3.CH4/c1-33-11-13-35(14-12-33)15-16-40-24-8-10-36-27(20-31-29(36)18-24)28(38)17-22-5-3-7-26-25(22)19-32-37(26)21-23-6-4-9-34(2)30(23)39;/h3-10,18-20H,11-17,21H2,1-2H3;1H4. The number of carbonyl (C=O) groups excluding carboxylic acids is 1. The van der Waals surface area contributed by atoms with Crippen molar-refractivity contribution in [3.63, 3.8) is 0 Å². The first kappa shape index (κ1) is 28.3. The molecule has 5 heterocycles. The van der Waals surface area contributed by atoms with Gasteiger partial charge in [0.2, 0.25) is 0 Å². The number of piperazine rings is 1. The highest BCUT2D eigenvalue weighted by Gasteiger charge is 2.17. The molecule has 1 aromatic carbocycles. The molecule has 6 rings (SSSR count). The van der Waals surface area contributed by atoms with E-state index < -0.39 is 0 Å². The maximum atomic E-state index is 13.4. The first-order chi connectivity index (χ1) is 19.5. The van der Waals surface area contributed by atoms with Crippen LogP contribution >= 0.6 is 0 Å². The van der Waals surface area contributed by atoms with Crippen LogP contribution in [0.1, 0.15) is 29.0 Å². The molecule has 0 bridgehead atoms. The smallest absolute Gasteiger partial charge is 0.255 e. The predicted octanol–water partition coefficient (Wildman–Crippen LogP) is 3.12. The second-order valence-electron chi connectivity index (χ2n) is 10.4. The van der Waals surface area contributed by atoms with Gasteiger partial charge in [0.25, 0.3) is 5.56 Å². The van der Waals surface area contributed by atoms with Crippen molar-refractivity contribution in [1.82, 2.24) is 33.5 Å². The lowest BCUT2D eigenvalue weighted by Crippen LogP contribution is -2.45. The van der Waals surface area contributed by atoms with Crippen LogP contribution in [-0.4, -0.2) is 85.7 Å². The number of carbonyl (C=O) groups is 1. The van der Waals surface area contributed by atoms with Crippen LogP contribution in [0.4, 0.5) is 0 Å². The number of fused-ring (bicyclic) bond motifs is 2. The van der Waals surface area contributed by atoms with Crippen molar-refractivity contribution >= 4 is 22.3 Å². The van der Waals surface area contributed by atoms with E-state index in [0.29, 0.717) is 30.1 Å². The Morgan fingerprint density at radius 2 is 1.78 bits per heavy atom. The van der Waals surface area contributed by atoms with Crippen molar-refractivity contribution in [2.75, 3.05) is 46.4 Å². The number of aryl methyl sites for hydroxylation is 1. The maximum absolute atomic E-state index is 13.4. The molecule has 1 fully saturated rings. The molecule has 10 nitrogen and oxygen atoms in total. The third-order valence-corrected chi connectivity index (χ3v) is 7.69. The summed E-state index contributed by atoms with van der Waals surface area (Å²) in [7, 11) is 3.89. The molecule has 10 heteroatoms. The summed E-state index contributed by atoms with van der Waals surface area (Å²) in [5.74, 6) is 0.713. The zero-order chi connectivity index (χ0) is 27.6. The first-order valence-electron chi connectivity index (χ1n) is 13.6. The van der Waals surface area contributed by atoms with Gasteiger partial charge in [-0.25, -0.2) is 4.98 Å². The van der Waals surface area contributed by atoms with Crippen LogP contribution in [0, 0.1) is 0 Å². The molecule has 0 amide bonds. The molecule has 1 aliphatic rings. The van der Waals surface area contributed by atoms with Crippen LogP contribution < -0.4 is 10.3 Å². The number of likely N-dealkylation sites (N-methyl/N-ethyl adjacent to an activating group) is 1. The summed E-state index contributed by atoms with van der Waals surface area (Å²) in [5.41, 5.74) is 3.58. The molecule has 0 saturated carbocycles. The molecule has 0 spiro atoms. The van der Waals surface area contributed by atoms with Gasteiger partial charge in [0, 0.05) is 75.6 Å². The largest absolute Gasteiger partial charge is 0.492 e. The Bertz CT molecular complexity index is 1730. The van der Waals surface area contributed by atoms with E-state index >= 15 is 0 Å². The minimum Gasteiger partial charge on any atom is -0.492 e. The maximum Gasteiger partial charge on any atom is 0.255 e. The molecule has 4 aromatic heterocycles. The molecular formula is C31H37N7O3. The number of rotatable bonds is 9. The van der Waals surface area contributed by atoms with Gasteiger partial charge in [0.1, 0.15) is 23.7 Å². The average molecular weight is 556 g/mol. The number of Topliss-reactive ketones (excluding diaryl/α,β-unsaturated/α-hetero) is 1. The normalized spacial score (nSPS) is 14.4. The van der Waals surface area contributed by atoms with Crippen LogP contribution in [0.15, 0.2) is 72.0 Å². The fourth-order valence-electron chi connectivity index (χ4n) is 5.26. The summed E-state index contributed by atoms with van der Waals surface area (Å²) < 4.78 is 11.2. The molecular weight excluding hydrogens is 518 g/mol. The number of nitrogens with zero attached hydrogens (tertiary/aromatic N) is 7. The zero-order valence-electron chi connectivity index (χ0n) is 22.9. The summed E-state index contributed by atoms with van der Waals surface area (Å²) in [6.45, 7) is 6.16. The lowest BCUT2D eigenvalue weighted by atomic mass is 10.0. The van der Waals surface area contributed by atoms with Crippen LogP contribution in [-0.2, 0) is 20.0 Å². The second kappa shape index (κ2) is 12.1. The summed E-state index contributed by atoms with van der Waals surface area (Å²) in [5, 5.41) is 5.43. The van der Waals surface area contributed by atoms with E-state index in [1.807, 2.05) is 53.1 Å². The highest BCUT2D eigenvalue weighted by molar-refractivity contribution is 5.99. The third kappa shape index (κ3) is 5.94. The van der Waals surface area contributed by atoms with E-state index in [-0.39, 0.29) is 25.2 Å². The Morgan fingerprint density at radius 1 is 0.976 bits per heavy atom. The van der Waals surface area contributed by atoms with Gasteiger partial charge < -0.3 is 14.2 Å². The van der Waals surface area contributed by atoms with Crippen molar-refractivity contribution in [3.8, 4) is 5.75 Å². The fraction of sp³-hybridized carbons (Fsp3) is 0.355. The van der Waals surface area contributed by atoms with Crippen LogP contribution in [0.3, 0.4) is 0 Å². The number of hydrogen-bond donors (Lipinski definition) is 0. The number of imidazole rings is 1. The van der Waals surface area contributed by atoms with Gasteiger partial charge in [-0.2, -0.15) is 5.10 Å². The molecule has 0 radical (unpaired) electrons. The van der Waals surface area contributed by atoms with E-state index in [0.717, 1.165) is 54.9 Å². The van der Waals surface area contributed by atoms with Gasteiger partial charge in [-0.3, -0.25) is 23.6 Å². The molecule has 0 aliphatic carbocycles. The average Bonchev–Trinajstić information content (AvgIpc) is 3.57. The highest BCUT2D eigenvalue weighted by Crippen LogP contribution is 2.22. The van der Waals surface area contributed by atoms with Crippen LogP contribution in [0.5, 0.6) is 5.75 Å².